The SMILES string of the molecule is C=CCn1c(SCc2nc(CC)no2)nnc1-c1ccncc1. The van der Waals surface area contributed by atoms with Gasteiger partial charge in [0.2, 0.25) is 5.89 Å². The smallest absolute Gasteiger partial charge is 0.237 e. The summed E-state index contributed by atoms with van der Waals surface area (Å²) in [5.74, 6) is 2.64. The highest BCUT2D eigenvalue weighted by atomic mass is 32.2. The average Bonchev–Trinajstić information content (AvgIpc) is 3.21. The molecule has 0 amide bonds. The lowest BCUT2D eigenvalue weighted by atomic mass is 10.2. The third-order valence-electron chi connectivity index (χ3n) is 3.12. The minimum absolute atomic E-state index is 0.554. The molecule has 0 saturated heterocycles. The first-order chi connectivity index (χ1) is 11.3. The van der Waals surface area contributed by atoms with Crippen molar-refractivity contribution >= 4 is 11.8 Å². The molecule has 0 fully saturated rings. The summed E-state index contributed by atoms with van der Waals surface area (Å²) in [6, 6.07) is 3.81. The summed E-state index contributed by atoms with van der Waals surface area (Å²) >= 11 is 1.51. The van der Waals surface area contributed by atoms with E-state index in [1.165, 1.54) is 11.8 Å². The zero-order valence-electron chi connectivity index (χ0n) is 12.7. The topological polar surface area (TPSA) is 82.5 Å². The summed E-state index contributed by atoms with van der Waals surface area (Å²) in [5.41, 5.74) is 0.965. The van der Waals surface area contributed by atoms with Gasteiger partial charge in [-0.1, -0.05) is 29.9 Å². The molecule has 0 aliphatic rings. The Kier molecular flexibility index (Phi) is 4.82. The molecule has 0 N–H and O–H groups in total. The van der Waals surface area contributed by atoms with Crippen LogP contribution in [0.15, 0.2) is 46.9 Å². The zero-order valence-corrected chi connectivity index (χ0v) is 13.5. The molecule has 0 radical (unpaired) electrons. The normalized spacial score (nSPS) is 10.8. The molecule has 8 heteroatoms. The standard InChI is InChI=1S/C15H16N6OS/c1-3-9-21-14(11-5-7-16-8-6-11)18-19-15(21)23-10-13-17-12(4-2)20-22-13/h3,5-8H,1,4,9-10H2,2H3. The molecule has 23 heavy (non-hydrogen) atoms. The Morgan fingerprint density at radius 3 is 2.83 bits per heavy atom. The van der Waals surface area contributed by atoms with Crippen LogP contribution in [0.3, 0.4) is 0 Å². The van der Waals surface area contributed by atoms with Crippen molar-refractivity contribution in [3.8, 4) is 11.4 Å². The van der Waals surface area contributed by atoms with Gasteiger partial charge in [0.05, 0.1) is 5.75 Å². The fourth-order valence-electron chi connectivity index (χ4n) is 2.02. The van der Waals surface area contributed by atoms with Gasteiger partial charge in [-0.15, -0.1) is 16.8 Å². The van der Waals surface area contributed by atoms with Gasteiger partial charge in [0, 0.05) is 30.9 Å². The lowest BCUT2D eigenvalue weighted by Crippen LogP contribution is -2.00. The van der Waals surface area contributed by atoms with Crippen molar-refractivity contribution in [3.05, 3.63) is 48.9 Å². The fourth-order valence-corrected chi connectivity index (χ4v) is 2.81. The van der Waals surface area contributed by atoms with Crippen LogP contribution in [0.2, 0.25) is 0 Å². The van der Waals surface area contributed by atoms with E-state index in [1.807, 2.05) is 29.7 Å². The molecule has 0 saturated carbocycles. The Bertz CT molecular complexity index is 782. The van der Waals surface area contributed by atoms with Gasteiger partial charge < -0.3 is 4.52 Å². The summed E-state index contributed by atoms with van der Waals surface area (Å²) in [6.45, 7) is 6.42. The van der Waals surface area contributed by atoms with Crippen molar-refractivity contribution in [2.45, 2.75) is 30.8 Å². The number of hydrogen-bond donors (Lipinski definition) is 0. The van der Waals surface area contributed by atoms with Crippen LogP contribution in [0.25, 0.3) is 11.4 Å². The molecule has 118 valence electrons. The lowest BCUT2D eigenvalue weighted by molar-refractivity contribution is 0.385. The summed E-state index contributed by atoms with van der Waals surface area (Å²) in [6.07, 6.45) is 6.05. The molecule has 3 heterocycles. The van der Waals surface area contributed by atoms with E-state index in [2.05, 4.69) is 31.9 Å². The maximum Gasteiger partial charge on any atom is 0.237 e. The van der Waals surface area contributed by atoms with E-state index in [4.69, 9.17) is 4.52 Å². The Balaban J connectivity index is 1.81. The molecule has 3 rings (SSSR count). The number of aromatic nitrogens is 6. The maximum atomic E-state index is 5.20. The quantitative estimate of drug-likeness (QED) is 0.487. The second-order valence-corrected chi connectivity index (χ2v) is 5.63. The highest BCUT2D eigenvalue weighted by molar-refractivity contribution is 7.98. The fraction of sp³-hybridized carbons (Fsp3) is 0.267. The van der Waals surface area contributed by atoms with Crippen molar-refractivity contribution in [2.24, 2.45) is 0 Å². The molecule has 7 nitrogen and oxygen atoms in total. The molecule has 0 atom stereocenters. The van der Waals surface area contributed by atoms with Crippen molar-refractivity contribution < 1.29 is 4.52 Å². The van der Waals surface area contributed by atoms with Gasteiger partial charge in [0.1, 0.15) is 0 Å². The maximum absolute atomic E-state index is 5.20. The Morgan fingerprint density at radius 2 is 2.13 bits per heavy atom. The van der Waals surface area contributed by atoms with Gasteiger partial charge in [-0.25, -0.2) is 0 Å². The summed E-state index contributed by atoms with van der Waals surface area (Å²) in [4.78, 5) is 8.33. The van der Waals surface area contributed by atoms with Gasteiger partial charge in [0.25, 0.3) is 0 Å². The zero-order chi connectivity index (χ0) is 16.1. The third kappa shape index (κ3) is 3.48. The van der Waals surface area contributed by atoms with Crippen LogP contribution < -0.4 is 0 Å². The predicted octanol–water partition coefficient (Wildman–Crippen LogP) is 2.76. The van der Waals surface area contributed by atoms with Gasteiger partial charge in [-0.3, -0.25) is 9.55 Å². The lowest BCUT2D eigenvalue weighted by Gasteiger charge is -2.06. The van der Waals surface area contributed by atoms with Gasteiger partial charge in [-0.2, -0.15) is 4.98 Å². The number of nitrogens with zero attached hydrogens (tertiary/aromatic N) is 6. The molecule has 3 aromatic heterocycles. The van der Waals surface area contributed by atoms with E-state index in [0.29, 0.717) is 24.0 Å². The molecule has 0 aromatic carbocycles. The van der Waals surface area contributed by atoms with E-state index in [0.717, 1.165) is 23.0 Å². The minimum Gasteiger partial charge on any atom is -0.338 e. The number of pyridine rings is 1. The first-order valence-electron chi connectivity index (χ1n) is 7.20. The first kappa shape index (κ1) is 15.4. The molecule has 0 bridgehead atoms. The molecule has 0 aliphatic heterocycles. The number of hydrogen-bond acceptors (Lipinski definition) is 7. The van der Waals surface area contributed by atoms with Crippen molar-refractivity contribution in [2.75, 3.05) is 0 Å². The molecule has 3 aromatic rings. The highest BCUT2D eigenvalue weighted by Crippen LogP contribution is 2.25. The molecule has 0 aliphatic carbocycles. The molecule has 0 unspecified atom stereocenters. The number of allylic oxidation sites excluding steroid dienone is 1. The second kappa shape index (κ2) is 7.19. The van der Waals surface area contributed by atoms with Crippen LogP contribution in [0, 0.1) is 0 Å². The molecular formula is C15H16N6OS. The minimum atomic E-state index is 0.554. The average molecular weight is 328 g/mol. The van der Waals surface area contributed by atoms with E-state index in [9.17, 15) is 0 Å². The summed E-state index contributed by atoms with van der Waals surface area (Å²) in [5, 5.41) is 13.2. The summed E-state index contributed by atoms with van der Waals surface area (Å²) < 4.78 is 7.20. The Hall–Kier alpha value is -2.48. The first-order valence-corrected chi connectivity index (χ1v) is 8.19. The van der Waals surface area contributed by atoms with Gasteiger partial charge >= 0.3 is 0 Å². The van der Waals surface area contributed by atoms with Crippen molar-refractivity contribution in [1.82, 2.24) is 29.9 Å². The largest absolute Gasteiger partial charge is 0.338 e. The predicted molar refractivity (Wildman–Crippen MR) is 86.7 cm³/mol. The van der Waals surface area contributed by atoms with Crippen molar-refractivity contribution in [3.63, 3.8) is 0 Å². The van der Waals surface area contributed by atoms with Crippen LogP contribution in [0.1, 0.15) is 18.6 Å². The second-order valence-electron chi connectivity index (χ2n) is 4.69. The Labute approximate surface area is 137 Å². The van der Waals surface area contributed by atoms with Gasteiger partial charge in [-0.05, 0) is 12.1 Å². The number of rotatable bonds is 7. The molecular weight excluding hydrogens is 312 g/mol. The van der Waals surface area contributed by atoms with E-state index in [1.54, 1.807) is 12.4 Å². The van der Waals surface area contributed by atoms with Crippen molar-refractivity contribution in [1.29, 1.82) is 0 Å². The van der Waals surface area contributed by atoms with Crippen LogP contribution in [-0.4, -0.2) is 29.9 Å². The summed E-state index contributed by atoms with van der Waals surface area (Å²) in [7, 11) is 0. The van der Waals surface area contributed by atoms with E-state index < -0.39 is 0 Å². The van der Waals surface area contributed by atoms with Crippen LogP contribution in [0.4, 0.5) is 0 Å². The molecule has 0 spiro atoms. The van der Waals surface area contributed by atoms with Crippen LogP contribution in [0.5, 0.6) is 0 Å². The monoisotopic (exact) mass is 328 g/mol. The third-order valence-corrected chi connectivity index (χ3v) is 4.07. The van der Waals surface area contributed by atoms with Crippen LogP contribution >= 0.6 is 11.8 Å². The van der Waals surface area contributed by atoms with Gasteiger partial charge in [0.15, 0.2) is 16.8 Å². The number of thioether (sulfide) groups is 1. The number of aryl methyl sites for hydroxylation is 1. The highest BCUT2D eigenvalue weighted by Gasteiger charge is 2.15. The Morgan fingerprint density at radius 1 is 1.30 bits per heavy atom. The van der Waals surface area contributed by atoms with E-state index in [-0.39, 0.29) is 0 Å². The van der Waals surface area contributed by atoms with E-state index >= 15 is 0 Å². The van der Waals surface area contributed by atoms with Crippen LogP contribution in [-0.2, 0) is 18.7 Å².